The summed E-state index contributed by atoms with van der Waals surface area (Å²) >= 11 is 0. The summed E-state index contributed by atoms with van der Waals surface area (Å²) in [6, 6.07) is -8.70. The van der Waals surface area contributed by atoms with Gasteiger partial charge in [0.2, 0.25) is 41.4 Å². The molecule has 0 aromatic carbocycles. The molecule has 0 bridgehead atoms. The largest absolute Gasteiger partial charge is 0.480 e. The van der Waals surface area contributed by atoms with Crippen LogP contribution in [0.4, 0.5) is 0 Å². The third kappa shape index (κ3) is 9.72. The van der Waals surface area contributed by atoms with Crippen LogP contribution < -0.4 is 21.7 Å². The average Bonchev–Trinajstić information content (AvgIpc) is 3.97. The number of nitrogens with two attached hydrogens (primary N) is 1. The first-order valence-corrected chi connectivity index (χ1v) is 19.3. The van der Waals surface area contributed by atoms with E-state index in [9.17, 15) is 53.7 Å². The minimum absolute atomic E-state index is 0.193. The van der Waals surface area contributed by atoms with Gasteiger partial charge in [-0.2, -0.15) is 0 Å². The first-order chi connectivity index (χ1) is 25.9. The quantitative estimate of drug-likeness (QED) is 0.0947. The highest BCUT2D eigenvalue weighted by atomic mass is 16.4. The SMILES string of the molecule is CC(C)[C@H](NC(=O)[C@@H](N)[C@@H](C)O)C(=O)N1CCC[C@H]1C(=O)N[C@H](C(=O)N[C@@H](C)C(=O)N1CCC[C@H]1C(=O)N1CCC[C@H]1C(=O)N1CCC[C@H]1C(=O)O)[C@@H](C)O. The Morgan fingerprint density at radius 3 is 1.51 bits per heavy atom. The van der Waals surface area contributed by atoms with E-state index in [-0.39, 0.29) is 26.1 Å². The van der Waals surface area contributed by atoms with Crippen molar-refractivity contribution in [2.24, 2.45) is 11.7 Å². The molecule has 19 heteroatoms. The van der Waals surface area contributed by atoms with Gasteiger partial charge in [-0.05, 0) is 78.1 Å². The van der Waals surface area contributed by atoms with Crippen LogP contribution in [0.5, 0.6) is 0 Å². The highest BCUT2D eigenvalue weighted by molar-refractivity contribution is 5.98. The van der Waals surface area contributed by atoms with Crippen LogP contribution in [-0.4, -0.2) is 169 Å². The lowest BCUT2D eigenvalue weighted by molar-refractivity contribution is -0.153. The average molecular weight is 779 g/mol. The van der Waals surface area contributed by atoms with Gasteiger partial charge < -0.3 is 56.6 Å². The number of carboxylic acids is 1. The number of amides is 7. The minimum Gasteiger partial charge on any atom is -0.480 e. The van der Waals surface area contributed by atoms with Crippen molar-refractivity contribution < 1.29 is 53.7 Å². The van der Waals surface area contributed by atoms with Crippen LogP contribution in [0.3, 0.4) is 0 Å². The highest BCUT2D eigenvalue weighted by Gasteiger charge is 2.47. The van der Waals surface area contributed by atoms with E-state index in [1.807, 2.05) is 0 Å². The van der Waals surface area contributed by atoms with E-state index in [0.29, 0.717) is 51.5 Å². The molecule has 0 aromatic rings. The lowest BCUT2D eigenvalue weighted by Crippen LogP contribution is -2.61. The van der Waals surface area contributed by atoms with E-state index in [2.05, 4.69) is 16.0 Å². The van der Waals surface area contributed by atoms with Crippen molar-refractivity contribution in [3.63, 3.8) is 0 Å². The Morgan fingerprint density at radius 2 is 1.02 bits per heavy atom. The maximum absolute atomic E-state index is 13.9. The van der Waals surface area contributed by atoms with Crippen LogP contribution in [0.1, 0.15) is 86.0 Å². The molecule has 8 N–H and O–H groups in total. The summed E-state index contributed by atoms with van der Waals surface area (Å²) in [6.45, 7) is 8.46. The molecule has 0 spiro atoms. The van der Waals surface area contributed by atoms with E-state index in [4.69, 9.17) is 5.73 Å². The van der Waals surface area contributed by atoms with Gasteiger partial charge in [0.05, 0.1) is 12.2 Å². The van der Waals surface area contributed by atoms with Crippen molar-refractivity contribution in [1.82, 2.24) is 35.6 Å². The molecule has 4 fully saturated rings. The number of hydrogen-bond acceptors (Lipinski definition) is 11. The van der Waals surface area contributed by atoms with Gasteiger partial charge in [-0.15, -0.1) is 0 Å². The molecule has 0 aromatic heterocycles. The molecule has 4 saturated heterocycles. The number of carboxylic acid groups (broad SMARTS) is 1. The summed E-state index contributed by atoms with van der Waals surface area (Å²) in [6.07, 6.45) is 0.791. The van der Waals surface area contributed by atoms with Crippen LogP contribution in [0.2, 0.25) is 0 Å². The number of rotatable bonds is 14. The third-order valence-electron chi connectivity index (χ3n) is 11.1. The number of carbonyl (C=O) groups is 8. The molecule has 55 heavy (non-hydrogen) atoms. The van der Waals surface area contributed by atoms with Crippen LogP contribution in [-0.2, 0) is 38.4 Å². The molecule has 0 saturated carbocycles. The first kappa shape index (κ1) is 43.4. The van der Waals surface area contributed by atoms with Crippen molar-refractivity contribution in [2.45, 2.75) is 147 Å². The summed E-state index contributed by atoms with van der Waals surface area (Å²) in [5, 5.41) is 37.5. The monoisotopic (exact) mass is 778 g/mol. The number of aliphatic hydroxyl groups is 2. The van der Waals surface area contributed by atoms with Gasteiger partial charge in [0.25, 0.3) is 0 Å². The first-order valence-electron chi connectivity index (χ1n) is 19.3. The summed E-state index contributed by atoms with van der Waals surface area (Å²) in [7, 11) is 0. The molecule has 7 amide bonds. The Labute approximate surface area is 320 Å². The zero-order chi connectivity index (χ0) is 40.9. The molecule has 4 rings (SSSR count). The van der Waals surface area contributed by atoms with Gasteiger partial charge in [-0.1, -0.05) is 13.8 Å². The van der Waals surface area contributed by atoms with Gasteiger partial charge in [0, 0.05) is 26.2 Å². The topological polar surface area (TPSA) is 272 Å². The van der Waals surface area contributed by atoms with Crippen molar-refractivity contribution in [3.8, 4) is 0 Å². The second-order valence-electron chi connectivity index (χ2n) is 15.6. The van der Waals surface area contributed by atoms with E-state index in [0.717, 1.165) is 0 Å². The molecule has 308 valence electrons. The number of nitrogens with zero attached hydrogens (tertiary/aromatic N) is 4. The normalized spacial score (nSPS) is 25.9. The van der Waals surface area contributed by atoms with Crippen LogP contribution in [0.25, 0.3) is 0 Å². The number of aliphatic carboxylic acids is 1. The van der Waals surface area contributed by atoms with Crippen LogP contribution in [0.15, 0.2) is 0 Å². The highest BCUT2D eigenvalue weighted by Crippen LogP contribution is 2.29. The van der Waals surface area contributed by atoms with Crippen molar-refractivity contribution in [2.75, 3.05) is 26.2 Å². The van der Waals surface area contributed by atoms with Gasteiger partial charge >= 0.3 is 5.97 Å². The van der Waals surface area contributed by atoms with Crippen molar-refractivity contribution >= 4 is 47.3 Å². The second-order valence-corrected chi connectivity index (χ2v) is 15.6. The Balaban J connectivity index is 1.38. The van der Waals surface area contributed by atoms with Crippen LogP contribution in [0, 0.1) is 5.92 Å². The van der Waals surface area contributed by atoms with Crippen molar-refractivity contribution in [3.05, 3.63) is 0 Å². The summed E-state index contributed by atoms with van der Waals surface area (Å²) in [4.78, 5) is 111. The Kier molecular flexibility index (Phi) is 14.6. The summed E-state index contributed by atoms with van der Waals surface area (Å²) in [5.41, 5.74) is 5.75. The molecule has 10 atom stereocenters. The van der Waals surface area contributed by atoms with Crippen molar-refractivity contribution in [1.29, 1.82) is 0 Å². The lowest BCUT2D eigenvalue weighted by Gasteiger charge is -2.34. The Bertz CT molecular complexity index is 1490. The fourth-order valence-corrected chi connectivity index (χ4v) is 7.98. The number of likely N-dealkylation sites (tertiary alicyclic amines) is 4. The van der Waals surface area contributed by atoms with Gasteiger partial charge in [-0.25, -0.2) is 4.79 Å². The van der Waals surface area contributed by atoms with Crippen LogP contribution >= 0.6 is 0 Å². The third-order valence-corrected chi connectivity index (χ3v) is 11.1. The van der Waals surface area contributed by atoms with Gasteiger partial charge in [0.1, 0.15) is 48.3 Å². The number of aliphatic hydroxyl groups excluding tert-OH is 2. The molecule has 19 nitrogen and oxygen atoms in total. The van der Waals surface area contributed by atoms with E-state index in [1.165, 1.54) is 40.4 Å². The fourth-order valence-electron chi connectivity index (χ4n) is 7.98. The zero-order valence-electron chi connectivity index (χ0n) is 32.3. The molecule has 0 radical (unpaired) electrons. The summed E-state index contributed by atoms with van der Waals surface area (Å²) in [5.74, 6) is -5.75. The predicted molar refractivity (Wildman–Crippen MR) is 194 cm³/mol. The molecule has 4 aliphatic rings. The van der Waals surface area contributed by atoms with Gasteiger partial charge in [0.15, 0.2) is 0 Å². The molecule has 0 aliphatic carbocycles. The second kappa shape index (κ2) is 18.5. The zero-order valence-corrected chi connectivity index (χ0v) is 32.3. The van der Waals surface area contributed by atoms with E-state index in [1.54, 1.807) is 13.8 Å². The van der Waals surface area contributed by atoms with E-state index >= 15 is 0 Å². The predicted octanol–water partition coefficient (Wildman–Crippen LogP) is -2.75. The molecule has 4 heterocycles. The fraction of sp³-hybridized carbons (Fsp3) is 0.778. The van der Waals surface area contributed by atoms with E-state index < -0.39 is 114 Å². The molecular weight excluding hydrogens is 720 g/mol. The smallest absolute Gasteiger partial charge is 0.326 e. The van der Waals surface area contributed by atoms with Gasteiger partial charge in [-0.3, -0.25) is 33.6 Å². The molecular formula is C36H58N8O11. The number of nitrogens with one attached hydrogen (secondary N) is 3. The summed E-state index contributed by atoms with van der Waals surface area (Å²) < 4.78 is 0. The number of carbonyl (C=O) groups excluding carboxylic acids is 7. The number of hydrogen-bond donors (Lipinski definition) is 7. The molecule has 0 unspecified atom stereocenters. The minimum atomic E-state index is -1.52. The molecule has 4 aliphatic heterocycles. The Morgan fingerprint density at radius 1 is 0.564 bits per heavy atom. The lowest BCUT2D eigenvalue weighted by atomic mass is 10.0. The Hall–Kier alpha value is -4.36. The maximum atomic E-state index is 13.9. The maximum Gasteiger partial charge on any atom is 0.326 e. The standard InChI is InChI=1S/C36H58N8O11/c1-18(2)27(39-30(48)26(37)20(4)45)35(53)41-14-6-10-22(41)29(47)40-28(21(5)46)31(49)38-19(3)32(50)42-15-7-11-23(42)33(51)43-16-8-12-24(43)34(52)44-17-9-13-25(44)36(54)55/h18-28,45-46H,6-17,37H2,1-5H3,(H,38,49)(H,39,48)(H,40,47)(H,54,55)/t19-,20+,21+,22-,23-,24-,25-,26-,27-,28-/m0/s1.